The normalized spacial score (nSPS) is 12.5. The Morgan fingerprint density at radius 3 is 2.49 bits per heavy atom. The number of fused-ring (bicyclic) bond motifs is 1. The maximum absolute atomic E-state index is 12.1. The van der Waals surface area contributed by atoms with Crippen LogP contribution in [0.1, 0.15) is 20.3 Å². The molecule has 0 aliphatic heterocycles. The van der Waals surface area contributed by atoms with Gasteiger partial charge >= 0.3 is 11.9 Å². The number of aliphatic hydroxyl groups is 1. The van der Waals surface area contributed by atoms with Crippen molar-refractivity contribution < 1.29 is 43.4 Å². The van der Waals surface area contributed by atoms with Crippen molar-refractivity contribution in [2.24, 2.45) is 0 Å². The molecule has 0 aliphatic carbocycles. The van der Waals surface area contributed by atoms with Crippen molar-refractivity contribution in [2.75, 3.05) is 26.4 Å². The van der Waals surface area contributed by atoms with Crippen molar-refractivity contribution >= 4 is 34.6 Å². The Hall–Kier alpha value is -3.51. The van der Waals surface area contributed by atoms with E-state index in [1.54, 1.807) is 56.3 Å². The van der Waals surface area contributed by atoms with Gasteiger partial charge < -0.3 is 24.1 Å². The molecule has 11 nitrogen and oxygen atoms in total. The number of carbonyl (C=O) groups excluding carboxylic acids is 2. The highest BCUT2D eigenvalue weighted by Crippen LogP contribution is 2.25. The zero-order valence-electron chi connectivity index (χ0n) is 20.3. The molecular formula is C25H27ClN2O9. The number of nitrogens with zero attached hydrogens (tertiary/aromatic N) is 2. The molecule has 3 aromatic rings. The van der Waals surface area contributed by atoms with Crippen molar-refractivity contribution in [1.82, 2.24) is 9.97 Å². The average Bonchev–Trinajstić information content (AvgIpc) is 2.90. The van der Waals surface area contributed by atoms with Crippen LogP contribution in [0.25, 0.3) is 11.0 Å². The van der Waals surface area contributed by atoms with Gasteiger partial charge in [-0.2, -0.15) is 0 Å². The molecule has 3 rings (SSSR count). The van der Waals surface area contributed by atoms with E-state index in [0.717, 1.165) is 0 Å². The molecule has 2 unspecified atom stereocenters. The zero-order chi connectivity index (χ0) is 26.6. The molecule has 198 valence electrons. The van der Waals surface area contributed by atoms with Gasteiger partial charge in [0.05, 0.1) is 17.2 Å². The summed E-state index contributed by atoms with van der Waals surface area (Å²) in [5, 5.41) is 10.2. The predicted octanol–water partition coefficient (Wildman–Crippen LogP) is 3.65. The molecule has 0 spiro atoms. The molecule has 0 fully saturated rings. The third-order valence-electron chi connectivity index (χ3n) is 4.65. The molecule has 0 bridgehead atoms. The molecule has 1 aromatic heterocycles. The van der Waals surface area contributed by atoms with E-state index in [0.29, 0.717) is 33.4 Å². The number of carbonyl (C=O) groups is 2. The number of benzene rings is 2. The maximum atomic E-state index is 12.1. The Morgan fingerprint density at radius 1 is 0.973 bits per heavy atom. The lowest BCUT2D eigenvalue weighted by Crippen LogP contribution is -2.27. The maximum Gasteiger partial charge on any atom is 0.347 e. The third-order valence-corrected chi connectivity index (χ3v) is 4.89. The van der Waals surface area contributed by atoms with Gasteiger partial charge in [-0.25, -0.2) is 24.5 Å². The first-order valence-corrected chi connectivity index (χ1v) is 11.8. The van der Waals surface area contributed by atoms with Crippen molar-refractivity contribution in [3.05, 3.63) is 53.7 Å². The minimum Gasteiger partial charge on any atom is -0.479 e. The van der Waals surface area contributed by atoms with Gasteiger partial charge in [0, 0.05) is 11.4 Å². The van der Waals surface area contributed by atoms with E-state index in [-0.39, 0.29) is 32.8 Å². The monoisotopic (exact) mass is 534 g/mol. The van der Waals surface area contributed by atoms with Crippen LogP contribution in [-0.2, 0) is 28.8 Å². The summed E-state index contributed by atoms with van der Waals surface area (Å²) in [5.74, 6) is 0.252. The Balaban J connectivity index is 1.34. The number of aromatic nitrogens is 2. The molecular weight excluding hydrogens is 508 g/mol. The Kier molecular flexibility index (Phi) is 10.8. The fraction of sp³-hybridized carbons (Fsp3) is 0.360. The smallest absolute Gasteiger partial charge is 0.347 e. The van der Waals surface area contributed by atoms with Crippen LogP contribution in [0.3, 0.4) is 0 Å². The summed E-state index contributed by atoms with van der Waals surface area (Å²) in [4.78, 5) is 41.4. The van der Waals surface area contributed by atoms with Crippen LogP contribution >= 0.6 is 11.6 Å². The highest BCUT2D eigenvalue weighted by Gasteiger charge is 2.17. The molecule has 2 aromatic carbocycles. The quantitative estimate of drug-likeness (QED) is 0.140. The van der Waals surface area contributed by atoms with Gasteiger partial charge in [-0.1, -0.05) is 18.5 Å². The van der Waals surface area contributed by atoms with Crippen molar-refractivity contribution in [2.45, 2.75) is 32.5 Å². The predicted molar refractivity (Wildman–Crippen MR) is 131 cm³/mol. The summed E-state index contributed by atoms with van der Waals surface area (Å²) in [6, 6.07) is 11.8. The van der Waals surface area contributed by atoms with Crippen molar-refractivity contribution in [3.8, 4) is 17.4 Å². The molecule has 0 amide bonds. The van der Waals surface area contributed by atoms with E-state index in [9.17, 15) is 14.7 Å². The summed E-state index contributed by atoms with van der Waals surface area (Å²) in [6.45, 7) is 2.66. The summed E-state index contributed by atoms with van der Waals surface area (Å²) in [5.41, 5.74) is 1.31. The Bertz CT molecular complexity index is 1180. The van der Waals surface area contributed by atoms with E-state index in [1.807, 2.05) is 0 Å². The molecule has 0 radical (unpaired) electrons. The zero-order valence-corrected chi connectivity index (χ0v) is 21.1. The van der Waals surface area contributed by atoms with Gasteiger partial charge in [-0.15, -0.1) is 0 Å². The van der Waals surface area contributed by atoms with Gasteiger partial charge in [0.1, 0.15) is 44.0 Å². The number of esters is 2. The van der Waals surface area contributed by atoms with E-state index < -0.39 is 24.1 Å². The van der Waals surface area contributed by atoms with Crippen LogP contribution < -0.4 is 9.47 Å². The van der Waals surface area contributed by atoms with E-state index in [2.05, 4.69) is 9.97 Å². The third kappa shape index (κ3) is 9.47. The fourth-order valence-corrected chi connectivity index (χ4v) is 2.96. The summed E-state index contributed by atoms with van der Waals surface area (Å²) in [6.07, 6.45) is -0.179. The Morgan fingerprint density at radius 2 is 1.73 bits per heavy atom. The molecule has 0 aliphatic rings. The minimum atomic E-state index is -1.02. The molecule has 0 saturated heterocycles. The average molecular weight is 535 g/mol. The van der Waals surface area contributed by atoms with Gasteiger partial charge in [-0.3, -0.25) is 4.79 Å². The number of rotatable bonds is 14. The molecule has 2 atom stereocenters. The Labute approximate surface area is 218 Å². The first-order valence-electron chi connectivity index (χ1n) is 11.5. The van der Waals surface area contributed by atoms with Gasteiger partial charge in [0.15, 0.2) is 6.10 Å². The SMILES string of the molecule is CCC(=O)OCC(O)COOCCOC(=O)C(C)Oc1ccc(Oc2cnc3cc(Cl)ccc3n2)cc1. The fourth-order valence-electron chi connectivity index (χ4n) is 2.79. The van der Waals surface area contributed by atoms with Gasteiger partial charge in [0.25, 0.3) is 0 Å². The van der Waals surface area contributed by atoms with Crippen LogP contribution in [0, 0.1) is 0 Å². The summed E-state index contributed by atoms with van der Waals surface area (Å²) < 4.78 is 21.2. The van der Waals surface area contributed by atoms with Crippen molar-refractivity contribution in [3.63, 3.8) is 0 Å². The van der Waals surface area contributed by atoms with Crippen LogP contribution in [-0.4, -0.2) is 65.6 Å². The number of hydrogen-bond donors (Lipinski definition) is 1. The minimum absolute atomic E-state index is 0.0589. The second-order valence-electron chi connectivity index (χ2n) is 7.64. The molecule has 0 saturated carbocycles. The van der Waals surface area contributed by atoms with Crippen LogP contribution in [0.15, 0.2) is 48.7 Å². The molecule has 1 N–H and O–H groups in total. The van der Waals surface area contributed by atoms with Gasteiger partial charge in [0.2, 0.25) is 5.88 Å². The number of ether oxygens (including phenoxy) is 4. The van der Waals surface area contributed by atoms with E-state index >= 15 is 0 Å². The summed E-state index contributed by atoms with van der Waals surface area (Å²) in [7, 11) is 0. The van der Waals surface area contributed by atoms with Crippen LogP contribution in [0.4, 0.5) is 0 Å². The highest BCUT2D eigenvalue weighted by atomic mass is 35.5. The first kappa shape index (κ1) is 28.1. The standard InChI is InChI=1S/C25H27ClN2O9/c1-3-24(30)33-14-18(29)15-35-34-11-10-32-25(31)16(2)36-19-5-7-20(8-6-19)37-23-13-27-22-12-17(26)4-9-21(22)28-23/h4-9,12-13,16,18,29H,3,10-11,14-15H2,1-2H3. The van der Waals surface area contributed by atoms with E-state index in [4.69, 9.17) is 40.3 Å². The first-order chi connectivity index (χ1) is 17.8. The van der Waals surface area contributed by atoms with Crippen molar-refractivity contribution in [1.29, 1.82) is 0 Å². The van der Waals surface area contributed by atoms with Crippen LogP contribution in [0.2, 0.25) is 5.02 Å². The molecule has 1 heterocycles. The summed E-state index contributed by atoms with van der Waals surface area (Å²) >= 11 is 5.96. The second-order valence-corrected chi connectivity index (χ2v) is 8.08. The molecule has 12 heteroatoms. The topological polar surface area (TPSA) is 136 Å². The number of hydrogen-bond acceptors (Lipinski definition) is 11. The number of aliphatic hydroxyl groups excluding tert-OH is 1. The largest absolute Gasteiger partial charge is 0.479 e. The lowest BCUT2D eigenvalue weighted by molar-refractivity contribution is -0.309. The second kappa shape index (κ2) is 14.3. The lowest BCUT2D eigenvalue weighted by Gasteiger charge is -2.14. The highest BCUT2D eigenvalue weighted by molar-refractivity contribution is 6.31. The number of halogens is 1. The van der Waals surface area contributed by atoms with Crippen LogP contribution in [0.5, 0.6) is 17.4 Å². The molecule has 37 heavy (non-hydrogen) atoms. The van der Waals surface area contributed by atoms with E-state index in [1.165, 1.54) is 6.20 Å². The van der Waals surface area contributed by atoms with Gasteiger partial charge in [-0.05, 0) is 49.4 Å². The lowest BCUT2D eigenvalue weighted by atomic mass is 10.3.